The SMILES string of the molecule is CC(C)(C)c1cc(N2CCN(c3ccccc3F)CC2)nc(SCc2ccc(C(=O)N3CCCC3)o2)n1. The largest absolute Gasteiger partial charge is 0.455 e. The first-order valence-electron chi connectivity index (χ1n) is 12.9. The van der Waals surface area contributed by atoms with Gasteiger partial charge in [0.15, 0.2) is 10.9 Å². The van der Waals surface area contributed by atoms with Crippen LogP contribution in [0.15, 0.2) is 52.0 Å². The molecule has 2 aliphatic rings. The minimum Gasteiger partial charge on any atom is -0.455 e. The molecule has 0 N–H and O–H groups in total. The summed E-state index contributed by atoms with van der Waals surface area (Å²) < 4.78 is 20.1. The molecule has 37 heavy (non-hydrogen) atoms. The summed E-state index contributed by atoms with van der Waals surface area (Å²) >= 11 is 1.51. The van der Waals surface area contributed by atoms with E-state index in [2.05, 4.69) is 36.6 Å². The molecule has 0 bridgehead atoms. The number of benzene rings is 1. The number of furan rings is 1. The molecule has 0 spiro atoms. The maximum absolute atomic E-state index is 14.3. The summed E-state index contributed by atoms with van der Waals surface area (Å²) in [6.07, 6.45) is 2.11. The van der Waals surface area contributed by atoms with Gasteiger partial charge in [-0.25, -0.2) is 14.4 Å². The number of rotatable bonds is 6. The lowest BCUT2D eigenvalue weighted by atomic mass is 9.92. The lowest BCUT2D eigenvalue weighted by molar-refractivity contribution is 0.0759. The molecule has 1 aromatic carbocycles. The molecule has 0 aliphatic carbocycles. The second kappa shape index (κ2) is 10.7. The van der Waals surface area contributed by atoms with Crippen molar-refractivity contribution >= 4 is 29.2 Å². The summed E-state index contributed by atoms with van der Waals surface area (Å²) in [6, 6.07) is 12.6. The lowest BCUT2D eigenvalue weighted by Gasteiger charge is -2.37. The second-order valence-corrected chi connectivity index (χ2v) is 11.6. The van der Waals surface area contributed by atoms with Gasteiger partial charge in [0.25, 0.3) is 5.91 Å². The summed E-state index contributed by atoms with van der Waals surface area (Å²) in [5.41, 5.74) is 1.49. The monoisotopic (exact) mass is 523 g/mol. The fraction of sp³-hybridized carbons (Fsp3) is 0.464. The van der Waals surface area contributed by atoms with E-state index in [1.54, 1.807) is 12.1 Å². The summed E-state index contributed by atoms with van der Waals surface area (Å²) in [6.45, 7) is 11.0. The number of likely N-dealkylation sites (tertiary alicyclic amines) is 1. The quantitative estimate of drug-likeness (QED) is 0.318. The van der Waals surface area contributed by atoms with Gasteiger partial charge in [0.2, 0.25) is 0 Å². The maximum atomic E-state index is 14.3. The van der Waals surface area contributed by atoms with Gasteiger partial charge >= 0.3 is 0 Å². The zero-order valence-electron chi connectivity index (χ0n) is 21.7. The molecule has 2 aromatic heterocycles. The van der Waals surface area contributed by atoms with Crippen molar-refractivity contribution in [3.8, 4) is 0 Å². The minimum atomic E-state index is -0.185. The van der Waals surface area contributed by atoms with Gasteiger partial charge in [0, 0.05) is 50.7 Å². The van der Waals surface area contributed by atoms with Crippen LogP contribution in [0.4, 0.5) is 15.9 Å². The Labute approximate surface area is 222 Å². The van der Waals surface area contributed by atoms with Crippen LogP contribution in [0.2, 0.25) is 0 Å². The molecule has 9 heteroatoms. The zero-order chi connectivity index (χ0) is 26.0. The first-order chi connectivity index (χ1) is 17.8. The van der Waals surface area contributed by atoms with Crippen LogP contribution in [0.1, 0.15) is 55.6 Å². The topological polar surface area (TPSA) is 65.7 Å². The van der Waals surface area contributed by atoms with E-state index in [4.69, 9.17) is 14.4 Å². The number of nitrogens with zero attached hydrogens (tertiary/aromatic N) is 5. The maximum Gasteiger partial charge on any atom is 0.289 e. The summed E-state index contributed by atoms with van der Waals surface area (Å²) in [7, 11) is 0. The molecule has 0 unspecified atom stereocenters. The minimum absolute atomic E-state index is 0.0310. The molecule has 0 atom stereocenters. The Morgan fingerprint density at radius 3 is 2.38 bits per heavy atom. The van der Waals surface area contributed by atoms with Crippen molar-refractivity contribution in [3.05, 3.63) is 65.5 Å². The van der Waals surface area contributed by atoms with Crippen molar-refractivity contribution in [2.45, 2.75) is 49.9 Å². The third-order valence-electron chi connectivity index (χ3n) is 6.87. The number of thioether (sulfide) groups is 1. The number of hydrogen-bond acceptors (Lipinski definition) is 7. The number of carbonyl (C=O) groups excluding carboxylic acids is 1. The normalized spacial score (nSPS) is 16.5. The molecule has 0 saturated carbocycles. The number of hydrogen-bond donors (Lipinski definition) is 0. The van der Waals surface area contributed by atoms with Crippen LogP contribution in [-0.4, -0.2) is 60.0 Å². The lowest BCUT2D eigenvalue weighted by Crippen LogP contribution is -2.47. The standard InChI is InChI=1S/C28H34FN5O2S/c1-28(2,3)24-18-25(33-16-14-32(15-17-33)22-9-5-4-8-21(22)29)31-27(30-24)37-19-20-10-11-23(36-20)26(35)34-12-6-7-13-34/h4-5,8-11,18H,6-7,12-17,19H2,1-3H3. The van der Waals surface area contributed by atoms with Gasteiger partial charge in [0.1, 0.15) is 17.4 Å². The summed E-state index contributed by atoms with van der Waals surface area (Å²) in [4.78, 5) is 28.5. The Morgan fingerprint density at radius 1 is 0.973 bits per heavy atom. The molecule has 7 nitrogen and oxygen atoms in total. The van der Waals surface area contributed by atoms with E-state index in [1.165, 1.54) is 17.8 Å². The molecule has 2 aliphatic heterocycles. The van der Waals surface area contributed by atoms with E-state index in [9.17, 15) is 9.18 Å². The fourth-order valence-corrected chi connectivity index (χ4v) is 5.44. The Balaban J connectivity index is 1.28. The fourth-order valence-electron chi connectivity index (χ4n) is 4.69. The number of amides is 1. The van der Waals surface area contributed by atoms with E-state index < -0.39 is 0 Å². The average molecular weight is 524 g/mol. The van der Waals surface area contributed by atoms with Crippen molar-refractivity contribution in [2.24, 2.45) is 0 Å². The smallest absolute Gasteiger partial charge is 0.289 e. The van der Waals surface area contributed by atoms with Gasteiger partial charge < -0.3 is 19.1 Å². The highest BCUT2D eigenvalue weighted by atomic mass is 32.2. The highest BCUT2D eigenvalue weighted by Gasteiger charge is 2.25. The molecule has 5 rings (SSSR count). The van der Waals surface area contributed by atoms with Crippen LogP contribution in [-0.2, 0) is 11.2 Å². The van der Waals surface area contributed by atoms with Crippen molar-refractivity contribution in [1.29, 1.82) is 0 Å². The molecular weight excluding hydrogens is 489 g/mol. The van der Waals surface area contributed by atoms with Crippen LogP contribution in [0.5, 0.6) is 0 Å². The Hall–Kier alpha value is -3.07. The van der Waals surface area contributed by atoms with Gasteiger partial charge in [-0.1, -0.05) is 44.7 Å². The van der Waals surface area contributed by atoms with Crippen LogP contribution < -0.4 is 9.80 Å². The zero-order valence-corrected chi connectivity index (χ0v) is 22.6. The number of para-hydroxylation sites is 1. The molecule has 196 valence electrons. The molecule has 1 amide bonds. The Bertz CT molecular complexity index is 1240. The van der Waals surface area contributed by atoms with Crippen LogP contribution in [0.3, 0.4) is 0 Å². The predicted molar refractivity (Wildman–Crippen MR) is 145 cm³/mol. The highest BCUT2D eigenvalue weighted by Crippen LogP contribution is 2.30. The number of aromatic nitrogens is 2. The van der Waals surface area contributed by atoms with E-state index in [0.717, 1.165) is 69.4 Å². The Kier molecular flexibility index (Phi) is 7.42. The van der Waals surface area contributed by atoms with Gasteiger partial charge in [-0.2, -0.15) is 0 Å². The molecule has 2 fully saturated rings. The molecule has 3 aromatic rings. The third-order valence-corrected chi connectivity index (χ3v) is 7.74. The Morgan fingerprint density at radius 2 is 1.68 bits per heavy atom. The number of halogens is 1. The van der Waals surface area contributed by atoms with Gasteiger partial charge in [-0.3, -0.25) is 4.79 Å². The second-order valence-electron chi connectivity index (χ2n) is 10.6. The molecule has 2 saturated heterocycles. The third kappa shape index (κ3) is 5.92. The number of piperazine rings is 1. The van der Waals surface area contributed by atoms with Gasteiger partial charge in [0.05, 0.1) is 17.1 Å². The van der Waals surface area contributed by atoms with E-state index >= 15 is 0 Å². The van der Waals surface area contributed by atoms with Crippen molar-refractivity contribution in [2.75, 3.05) is 49.1 Å². The summed E-state index contributed by atoms with van der Waals surface area (Å²) in [5.74, 6) is 2.35. The van der Waals surface area contributed by atoms with Crippen molar-refractivity contribution < 1.29 is 13.6 Å². The molecule has 4 heterocycles. The predicted octanol–water partition coefficient (Wildman–Crippen LogP) is 5.36. The number of carbonyl (C=O) groups is 1. The number of anilines is 2. The van der Waals surface area contributed by atoms with E-state index in [-0.39, 0.29) is 17.1 Å². The van der Waals surface area contributed by atoms with Crippen LogP contribution in [0.25, 0.3) is 0 Å². The summed E-state index contributed by atoms with van der Waals surface area (Å²) in [5, 5.41) is 0.683. The van der Waals surface area contributed by atoms with Gasteiger partial charge in [-0.15, -0.1) is 0 Å². The van der Waals surface area contributed by atoms with Gasteiger partial charge in [-0.05, 0) is 37.1 Å². The van der Waals surface area contributed by atoms with Crippen molar-refractivity contribution in [1.82, 2.24) is 14.9 Å². The first kappa shape index (κ1) is 25.6. The average Bonchev–Trinajstić information content (AvgIpc) is 3.60. The highest BCUT2D eigenvalue weighted by molar-refractivity contribution is 7.98. The molecule has 0 radical (unpaired) electrons. The first-order valence-corrected chi connectivity index (χ1v) is 13.9. The van der Waals surface area contributed by atoms with Crippen LogP contribution in [0, 0.1) is 5.82 Å². The van der Waals surface area contributed by atoms with Crippen molar-refractivity contribution in [3.63, 3.8) is 0 Å². The van der Waals surface area contributed by atoms with E-state index in [0.29, 0.717) is 22.4 Å². The van der Waals surface area contributed by atoms with Crippen LogP contribution >= 0.6 is 11.8 Å². The van der Waals surface area contributed by atoms with E-state index in [1.807, 2.05) is 23.1 Å². The molecular formula is C28H34FN5O2S.